The minimum Gasteiger partial charge on any atom is -0.388 e. The Morgan fingerprint density at radius 2 is 1.80 bits per heavy atom. The molecule has 0 aromatic heterocycles. The Hall–Kier alpha value is 1.42. The largest absolute Gasteiger partial charge is 0.388 e. The van der Waals surface area contributed by atoms with Gasteiger partial charge in [0.2, 0.25) is 0 Å². The van der Waals surface area contributed by atoms with Gasteiger partial charge in [-0.2, -0.15) is 0 Å². The number of alkyl halides is 2. The van der Waals surface area contributed by atoms with Crippen molar-refractivity contribution in [3.63, 3.8) is 0 Å². The van der Waals surface area contributed by atoms with Gasteiger partial charge >= 0.3 is 0 Å². The molecule has 0 saturated heterocycles. The third-order valence-corrected chi connectivity index (χ3v) is 0.756. The molecule has 0 spiro atoms. The van der Waals surface area contributed by atoms with E-state index < -0.39 is 0 Å². The van der Waals surface area contributed by atoms with Crippen molar-refractivity contribution in [2.45, 2.75) is 1.93 Å². The summed E-state index contributed by atoms with van der Waals surface area (Å²) >= 11 is 4.18. The highest BCUT2D eigenvalue weighted by Gasteiger charge is 1.88. The first-order valence-corrected chi connectivity index (χ1v) is 3.52. The number of hydrogen-bond acceptors (Lipinski definition) is 1. The highest BCUT2D eigenvalue weighted by Crippen LogP contribution is 2.09. The molecule has 5 heavy (non-hydrogen) atoms. The van der Waals surface area contributed by atoms with E-state index in [1.54, 1.807) is 0 Å². The lowest BCUT2D eigenvalue weighted by Crippen LogP contribution is -1.79. The van der Waals surface area contributed by atoms with E-state index in [0.29, 0.717) is 0 Å². The molecule has 1 N–H and O–H groups in total. The van der Waals surface area contributed by atoms with Crippen LogP contribution in [0.15, 0.2) is 0 Å². The summed E-state index contributed by atoms with van der Waals surface area (Å²) in [5.41, 5.74) is 0. The molecule has 1 nitrogen and oxygen atoms in total. The van der Waals surface area contributed by atoms with Crippen LogP contribution in [-0.2, 0) is 0 Å². The van der Waals surface area contributed by atoms with E-state index in [0.717, 1.165) is 6.61 Å². The number of aliphatic hydroxyl groups excluding tert-OH is 1. The van der Waals surface area contributed by atoms with E-state index in [2.05, 4.69) is 45.2 Å². The SMILES string of the molecule is O[CH]C(I)I. The smallest absolute Gasteiger partial charge is 0.102 e. The van der Waals surface area contributed by atoms with Crippen molar-refractivity contribution in [2.24, 2.45) is 0 Å². The molecule has 0 aromatic carbocycles. The number of rotatable bonds is 1. The van der Waals surface area contributed by atoms with Gasteiger partial charge in [0.25, 0.3) is 0 Å². The van der Waals surface area contributed by atoms with E-state index >= 15 is 0 Å². The Morgan fingerprint density at radius 3 is 1.80 bits per heavy atom. The molecule has 0 aliphatic heterocycles. The fraction of sp³-hybridized carbons (Fsp3) is 0.500. The van der Waals surface area contributed by atoms with Crippen LogP contribution in [0.2, 0.25) is 0 Å². The monoisotopic (exact) mass is 297 g/mol. The molecule has 0 bridgehead atoms. The van der Waals surface area contributed by atoms with Crippen LogP contribution in [0, 0.1) is 6.61 Å². The summed E-state index contributed by atoms with van der Waals surface area (Å²) in [6.07, 6.45) is 0. The first-order chi connectivity index (χ1) is 2.27. The summed E-state index contributed by atoms with van der Waals surface area (Å²) in [5, 5.41) is 8.00. The molecular weight excluding hydrogens is 294 g/mol. The first kappa shape index (κ1) is 6.42. The average molecular weight is 297 g/mol. The summed E-state index contributed by atoms with van der Waals surface area (Å²) in [5.74, 6) is 0. The zero-order valence-electron chi connectivity index (χ0n) is 2.36. The quantitative estimate of drug-likeness (QED) is 0.577. The van der Waals surface area contributed by atoms with Gasteiger partial charge in [0, 0.05) is 0 Å². The zero-order chi connectivity index (χ0) is 4.28. The van der Waals surface area contributed by atoms with E-state index in [4.69, 9.17) is 5.11 Å². The highest BCUT2D eigenvalue weighted by atomic mass is 127. The predicted octanol–water partition coefficient (Wildman–Crippen LogP) is 1.72. The van der Waals surface area contributed by atoms with Gasteiger partial charge in [0.05, 0.1) is 1.93 Å². The second-order valence-corrected chi connectivity index (χ2v) is 5.55. The van der Waals surface area contributed by atoms with E-state index in [9.17, 15) is 0 Å². The van der Waals surface area contributed by atoms with Gasteiger partial charge in [0.15, 0.2) is 0 Å². The Morgan fingerprint density at radius 1 is 1.60 bits per heavy atom. The van der Waals surface area contributed by atoms with Crippen LogP contribution in [0.5, 0.6) is 0 Å². The van der Waals surface area contributed by atoms with Gasteiger partial charge < -0.3 is 5.11 Å². The molecule has 0 fully saturated rings. The predicted molar refractivity (Wildman–Crippen MR) is 38.1 cm³/mol. The summed E-state index contributed by atoms with van der Waals surface area (Å²) in [6.45, 7) is 1.14. The molecule has 31 valence electrons. The molecule has 0 aliphatic rings. The Kier molecular flexibility index (Phi) is 4.63. The van der Waals surface area contributed by atoms with Crippen LogP contribution in [0.3, 0.4) is 0 Å². The van der Waals surface area contributed by atoms with Crippen LogP contribution in [0.4, 0.5) is 0 Å². The topological polar surface area (TPSA) is 20.2 Å². The van der Waals surface area contributed by atoms with Gasteiger partial charge in [-0.25, -0.2) is 0 Å². The molecule has 0 atom stereocenters. The van der Waals surface area contributed by atoms with Crippen LogP contribution < -0.4 is 0 Å². The maximum absolute atomic E-state index is 8.00. The second-order valence-electron chi connectivity index (χ2n) is 0.484. The minimum atomic E-state index is 0.255. The Labute approximate surface area is 58.4 Å². The van der Waals surface area contributed by atoms with E-state index in [-0.39, 0.29) is 1.93 Å². The first-order valence-electron chi connectivity index (χ1n) is 1.03. The summed E-state index contributed by atoms with van der Waals surface area (Å²) in [7, 11) is 0. The van der Waals surface area contributed by atoms with Gasteiger partial charge in [-0.3, -0.25) is 0 Å². The lowest BCUT2D eigenvalue weighted by Gasteiger charge is -1.84. The van der Waals surface area contributed by atoms with E-state index in [1.807, 2.05) is 0 Å². The molecule has 0 rings (SSSR count). The number of hydrogen-bond donors (Lipinski definition) is 1. The third-order valence-electron chi connectivity index (χ3n) is 0.113. The van der Waals surface area contributed by atoms with Crippen LogP contribution in [0.25, 0.3) is 0 Å². The molecule has 0 aromatic rings. The summed E-state index contributed by atoms with van der Waals surface area (Å²) < 4.78 is 0.255. The molecule has 0 saturated carbocycles. The maximum atomic E-state index is 8.00. The molecular formula is C2H3I2O. The van der Waals surface area contributed by atoms with Gasteiger partial charge in [-0.15, -0.1) is 0 Å². The summed E-state index contributed by atoms with van der Waals surface area (Å²) in [6, 6.07) is 0. The van der Waals surface area contributed by atoms with E-state index in [1.165, 1.54) is 0 Å². The van der Waals surface area contributed by atoms with Crippen molar-refractivity contribution in [1.29, 1.82) is 0 Å². The maximum Gasteiger partial charge on any atom is 0.102 e. The van der Waals surface area contributed by atoms with Crippen molar-refractivity contribution in [2.75, 3.05) is 0 Å². The Bertz CT molecular complexity index is 21.6. The highest BCUT2D eigenvalue weighted by molar-refractivity contribution is 14.2. The molecule has 0 heterocycles. The number of halogens is 2. The van der Waals surface area contributed by atoms with Crippen LogP contribution >= 0.6 is 45.2 Å². The summed E-state index contributed by atoms with van der Waals surface area (Å²) in [4.78, 5) is 0. The zero-order valence-corrected chi connectivity index (χ0v) is 6.67. The standard InChI is InChI=1S/C2H3I2O/c3-2(4)1-5/h1-2,5H. The van der Waals surface area contributed by atoms with Crippen molar-refractivity contribution in [3.8, 4) is 0 Å². The van der Waals surface area contributed by atoms with Gasteiger partial charge in [-0.05, 0) is 0 Å². The van der Waals surface area contributed by atoms with Gasteiger partial charge in [-0.1, -0.05) is 45.2 Å². The third kappa shape index (κ3) is 5.42. The van der Waals surface area contributed by atoms with Gasteiger partial charge in [0.1, 0.15) is 6.61 Å². The van der Waals surface area contributed by atoms with Crippen molar-refractivity contribution in [3.05, 3.63) is 6.61 Å². The van der Waals surface area contributed by atoms with Crippen molar-refractivity contribution >= 4 is 45.2 Å². The van der Waals surface area contributed by atoms with Crippen molar-refractivity contribution in [1.82, 2.24) is 0 Å². The molecule has 0 aliphatic carbocycles. The van der Waals surface area contributed by atoms with Crippen LogP contribution in [-0.4, -0.2) is 7.04 Å². The lowest BCUT2D eigenvalue weighted by atomic mass is 10.9. The molecule has 1 radical (unpaired) electrons. The average Bonchev–Trinajstić information content (AvgIpc) is 1.38. The van der Waals surface area contributed by atoms with Crippen LogP contribution in [0.1, 0.15) is 0 Å². The minimum absolute atomic E-state index is 0.255. The fourth-order valence-electron chi connectivity index (χ4n) is 0. The molecule has 3 heteroatoms. The molecule has 0 amide bonds. The van der Waals surface area contributed by atoms with Crippen molar-refractivity contribution < 1.29 is 5.11 Å². The Balaban J connectivity index is 2.54. The fourth-order valence-corrected chi connectivity index (χ4v) is 0. The normalized spacial score (nSPS) is 9.60. The number of aliphatic hydroxyl groups is 1. The second kappa shape index (κ2) is 3.60. The molecule has 0 unspecified atom stereocenters. The lowest BCUT2D eigenvalue weighted by molar-refractivity contribution is 0.404.